The molecule has 0 rings (SSSR count). The number of hydrogen-bond donors (Lipinski definition) is 1. The average molecular weight is 185 g/mol. The number of ketones is 1. The topological polar surface area (TPSA) is 46.2 Å². The van der Waals surface area contributed by atoms with E-state index in [0.29, 0.717) is 0 Å². The van der Waals surface area contributed by atoms with Crippen molar-refractivity contribution in [2.75, 3.05) is 0 Å². The standard InChI is InChI=1S/C10H19NO2/c1-7(12)8(13)11-10(5,6)9(2,3)4/h1-6H3,(H,11,13). The molecule has 0 heterocycles. The van der Waals surface area contributed by atoms with Crippen molar-refractivity contribution >= 4 is 11.7 Å². The van der Waals surface area contributed by atoms with Gasteiger partial charge in [0.15, 0.2) is 0 Å². The van der Waals surface area contributed by atoms with Crippen LogP contribution in [0.5, 0.6) is 0 Å². The molecule has 0 atom stereocenters. The SMILES string of the molecule is CC(=O)C(=O)NC(C)(C)C(C)(C)C. The van der Waals surface area contributed by atoms with E-state index in [-0.39, 0.29) is 11.0 Å². The number of carbonyl (C=O) groups excluding carboxylic acids is 2. The highest BCUT2D eigenvalue weighted by molar-refractivity contribution is 6.35. The van der Waals surface area contributed by atoms with Crippen LogP contribution in [0.4, 0.5) is 0 Å². The summed E-state index contributed by atoms with van der Waals surface area (Å²) in [5, 5.41) is 2.71. The van der Waals surface area contributed by atoms with Crippen LogP contribution in [0.2, 0.25) is 0 Å². The maximum Gasteiger partial charge on any atom is 0.287 e. The van der Waals surface area contributed by atoms with Crippen molar-refractivity contribution in [3.63, 3.8) is 0 Å². The molecule has 0 spiro atoms. The number of rotatable bonds is 2. The molecule has 1 amide bonds. The molecule has 0 saturated carbocycles. The van der Waals surface area contributed by atoms with E-state index in [2.05, 4.69) is 5.32 Å². The summed E-state index contributed by atoms with van der Waals surface area (Å²) >= 11 is 0. The van der Waals surface area contributed by atoms with Crippen LogP contribution in [-0.2, 0) is 9.59 Å². The summed E-state index contributed by atoms with van der Waals surface area (Å²) in [6.07, 6.45) is 0. The van der Waals surface area contributed by atoms with Gasteiger partial charge in [0, 0.05) is 12.5 Å². The molecule has 0 aliphatic rings. The Hall–Kier alpha value is -0.860. The molecule has 0 unspecified atom stereocenters. The van der Waals surface area contributed by atoms with Crippen LogP contribution >= 0.6 is 0 Å². The van der Waals surface area contributed by atoms with Crippen molar-refractivity contribution in [3.05, 3.63) is 0 Å². The summed E-state index contributed by atoms with van der Waals surface area (Å²) in [5.74, 6) is -0.961. The molecule has 3 heteroatoms. The van der Waals surface area contributed by atoms with Crippen LogP contribution in [0.3, 0.4) is 0 Å². The molecule has 0 aromatic carbocycles. The van der Waals surface area contributed by atoms with E-state index < -0.39 is 11.7 Å². The Balaban J connectivity index is 4.53. The lowest BCUT2D eigenvalue weighted by molar-refractivity contribution is -0.138. The van der Waals surface area contributed by atoms with Crippen LogP contribution in [0, 0.1) is 5.41 Å². The van der Waals surface area contributed by atoms with Crippen LogP contribution in [-0.4, -0.2) is 17.2 Å². The normalized spacial score (nSPS) is 12.5. The molecule has 0 radical (unpaired) electrons. The monoisotopic (exact) mass is 185 g/mol. The molecule has 0 bridgehead atoms. The molecule has 0 aromatic rings. The third-order valence-electron chi connectivity index (χ3n) is 2.62. The van der Waals surface area contributed by atoms with Gasteiger partial charge in [0.2, 0.25) is 5.78 Å². The summed E-state index contributed by atoms with van der Waals surface area (Å²) in [7, 11) is 0. The van der Waals surface area contributed by atoms with Gasteiger partial charge in [-0.15, -0.1) is 0 Å². The first-order valence-electron chi connectivity index (χ1n) is 4.41. The first-order chi connectivity index (χ1) is 5.58. The van der Waals surface area contributed by atoms with Gasteiger partial charge in [0.05, 0.1) is 0 Å². The fourth-order valence-corrected chi connectivity index (χ4v) is 0.559. The van der Waals surface area contributed by atoms with Crippen molar-refractivity contribution in [1.82, 2.24) is 5.32 Å². The van der Waals surface area contributed by atoms with E-state index in [1.807, 2.05) is 34.6 Å². The van der Waals surface area contributed by atoms with Gasteiger partial charge in [-0.3, -0.25) is 9.59 Å². The van der Waals surface area contributed by atoms with E-state index >= 15 is 0 Å². The van der Waals surface area contributed by atoms with E-state index in [9.17, 15) is 9.59 Å². The zero-order valence-corrected chi connectivity index (χ0v) is 9.32. The molecule has 0 aliphatic carbocycles. The molecule has 0 fully saturated rings. The Labute approximate surface area is 79.9 Å². The summed E-state index contributed by atoms with van der Waals surface area (Å²) in [6, 6.07) is 0. The van der Waals surface area contributed by atoms with Gasteiger partial charge >= 0.3 is 0 Å². The van der Waals surface area contributed by atoms with Crippen LogP contribution < -0.4 is 5.32 Å². The second-order valence-electron chi connectivity index (χ2n) is 4.89. The quantitative estimate of drug-likeness (QED) is 0.663. The highest BCUT2D eigenvalue weighted by Crippen LogP contribution is 2.29. The predicted octanol–water partition coefficient (Wildman–Crippen LogP) is 1.52. The number of Topliss-reactive ketones (excluding diaryl/α,β-unsaturated/α-hetero) is 1. The number of nitrogens with one attached hydrogen (secondary N) is 1. The minimum Gasteiger partial charge on any atom is -0.344 e. The lowest BCUT2D eigenvalue weighted by atomic mass is 9.76. The smallest absolute Gasteiger partial charge is 0.287 e. The molecule has 0 aromatic heterocycles. The fourth-order valence-electron chi connectivity index (χ4n) is 0.559. The number of hydrogen-bond acceptors (Lipinski definition) is 2. The largest absolute Gasteiger partial charge is 0.344 e. The Kier molecular flexibility index (Phi) is 3.25. The second-order valence-corrected chi connectivity index (χ2v) is 4.89. The van der Waals surface area contributed by atoms with Gasteiger partial charge < -0.3 is 5.32 Å². The fraction of sp³-hybridized carbons (Fsp3) is 0.800. The lowest BCUT2D eigenvalue weighted by Gasteiger charge is -2.39. The average Bonchev–Trinajstić information content (AvgIpc) is 1.83. The van der Waals surface area contributed by atoms with E-state index in [1.54, 1.807) is 0 Å². The molecule has 0 aliphatic heterocycles. The Morgan fingerprint density at radius 1 is 1.00 bits per heavy atom. The van der Waals surface area contributed by atoms with E-state index in [1.165, 1.54) is 6.92 Å². The van der Waals surface area contributed by atoms with E-state index in [0.717, 1.165) is 0 Å². The van der Waals surface area contributed by atoms with Gasteiger partial charge in [-0.05, 0) is 19.3 Å². The minimum atomic E-state index is -0.514. The van der Waals surface area contributed by atoms with Crippen LogP contribution in [0.25, 0.3) is 0 Å². The summed E-state index contributed by atoms with van der Waals surface area (Å²) in [4.78, 5) is 21.9. The van der Waals surface area contributed by atoms with Crippen molar-refractivity contribution in [2.24, 2.45) is 5.41 Å². The zero-order valence-electron chi connectivity index (χ0n) is 9.32. The van der Waals surface area contributed by atoms with Gasteiger partial charge in [-0.1, -0.05) is 20.8 Å². The van der Waals surface area contributed by atoms with Crippen molar-refractivity contribution in [3.8, 4) is 0 Å². The Morgan fingerprint density at radius 2 is 1.38 bits per heavy atom. The highest BCUT2D eigenvalue weighted by atomic mass is 16.2. The highest BCUT2D eigenvalue weighted by Gasteiger charge is 2.34. The second kappa shape index (κ2) is 3.48. The molecule has 0 saturated heterocycles. The van der Waals surface area contributed by atoms with Crippen LogP contribution in [0.1, 0.15) is 41.5 Å². The minimum absolute atomic E-state index is 0.0713. The molecule has 13 heavy (non-hydrogen) atoms. The summed E-state index contributed by atoms with van der Waals surface area (Å²) < 4.78 is 0. The predicted molar refractivity (Wildman–Crippen MR) is 52.4 cm³/mol. The van der Waals surface area contributed by atoms with Gasteiger partial charge in [-0.25, -0.2) is 0 Å². The number of carbonyl (C=O) groups is 2. The summed E-state index contributed by atoms with van der Waals surface area (Å²) in [5.41, 5.74) is -0.451. The Bertz CT molecular complexity index is 224. The van der Waals surface area contributed by atoms with Crippen molar-refractivity contribution in [2.45, 2.75) is 47.1 Å². The van der Waals surface area contributed by atoms with Crippen LogP contribution in [0.15, 0.2) is 0 Å². The first kappa shape index (κ1) is 12.1. The van der Waals surface area contributed by atoms with E-state index in [4.69, 9.17) is 0 Å². The zero-order chi connectivity index (χ0) is 10.9. The van der Waals surface area contributed by atoms with Gasteiger partial charge in [0.25, 0.3) is 5.91 Å². The molecular weight excluding hydrogens is 166 g/mol. The molecule has 76 valence electrons. The van der Waals surface area contributed by atoms with Gasteiger partial charge in [-0.2, -0.15) is 0 Å². The Morgan fingerprint density at radius 3 is 1.62 bits per heavy atom. The molecule has 3 nitrogen and oxygen atoms in total. The third-order valence-corrected chi connectivity index (χ3v) is 2.62. The maximum atomic E-state index is 11.1. The first-order valence-corrected chi connectivity index (χ1v) is 4.41. The van der Waals surface area contributed by atoms with Gasteiger partial charge in [0.1, 0.15) is 0 Å². The molecule has 1 N–H and O–H groups in total. The molecular formula is C10H19NO2. The summed E-state index contributed by atoms with van der Waals surface area (Å²) in [6.45, 7) is 11.2. The third kappa shape index (κ3) is 3.17. The maximum absolute atomic E-state index is 11.1. The lowest BCUT2D eigenvalue weighted by Crippen LogP contribution is -2.53. The number of amides is 1. The van der Waals surface area contributed by atoms with Crippen molar-refractivity contribution < 1.29 is 9.59 Å². The van der Waals surface area contributed by atoms with Crippen molar-refractivity contribution in [1.29, 1.82) is 0 Å².